The fraction of sp³-hybridized carbons (Fsp3) is 0.538. The second kappa shape index (κ2) is 7.39. The number of ether oxygens (including phenoxy) is 1. The number of rotatable bonds is 7. The number of hydrogen-bond donors (Lipinski definition) is 1. The van der Waals surface area contributed by atoms with Crippen LogP contribution in [0.4, 0.5) is 5.69 Å². The standard InChI is InChI=1S/C13H20ClNO/c1-2-3-4-5-6-9-16-13-8-7-11(14)10-12(13)15/h7-8,10H,2-6,9,15H2,1H3. The quantitative estimate of drug-likeness (QED) is 0.572. The fourth-order valence-corrected chi connectivity index (χ4v) is 1.72. The van der Waals surface area contributed by atoms with Crippen molar-refractivity contribution in [2.75, 3.05) is 12.3 Å². The summed E-state index contributed by atoms with van der Waals surface area (Å²) in [6.45, 7) is 2.94. The van der Waals surface area contributed by atoms with Gasteiger partial charge in [-0.05, 0) is 24.6 Å². The number of benzene rings is 1. The van der Waals surface area contributed by atoms with E-state index in [0.29, 0.717) is 10.7 Å². The van der Waals surface area contributed by atoms with E-state index in [1.165, 1.54) is 25.7 Å². The SMILES string of the molecule is CCCCCCCOc1ccc(Cl)cc1N. The van der Waals surface area contributed by atoms with Crippen molar-refractivity contribution < 1.29 is 4.74 Å². The Kier molecular flexibility index (Phi) is 6.09. The van der Waals surface area contributed by atoms with Gasteiger partial charge in [-0.25, -0.2) is 0 Å². The third-order valence-corrected chi connectivity index (χ3v) is 2.71. The Morgan fingerprint density at radius 1 is 1.19 bits per heavy atom. The van der Waals surface area contributed by atoms with Crippen molar-refractivity contribution in [3.8, 4) is 5.75 Å². The van der Waals surface area contributed by atoms with E-state index in [1.54, 1.807) is 12.1 Å². The minimum Gasteiger partial charge on any atom is -0.491 e. The van der Waals surface area contributed by atoms with Gasteiger partial charge in [0, 0.05) is 5.02 Å². The summed E-state index contributed by atoms with van der Waals surface area (Å²) in [5.41, 5.74) is 6.39. The average Bonchev–Trinajstić information content (AvgIpc) is 2.26. The summed E-state index contributed by atoms with van der Waals surface area (Å²) in [5, 5.41) is 0.646. The van der Waals surface area contributed by atoms with Gasteiger partial charge < -0.3 is 10.5 Å². The molecule has 1 aromatic rings. The summed E-state index contributed by atoms with van der Waals surface area (Å²) in [5.74, 6) is 0.736. The molecule has 0 aliphatic rings. The number of unbranched alkanes of at least 4 members (excludes halogenated alkanes) is 4. The van der Waals surface area contributed by atoms with Gasteiger partial charge >= 0.3 is 0 Å². The van der Waals surface area contributed by atoms with Crippen molar-refractivity contribution in [1.82, 2.24) is 0 Å². The number of nitrogen functional groups attached to an aromatic ring is 1. The van der Waals surface area contributed by atoms with E-state index >= 15 is 0 Å². The molecule has 0 atom stereocenters. The minimum absolute atomic E-state index is 0.612. The second-order valence-corrected chi connectivity index (χ2v) is 4.38. The van der Waals surface area contributed by atoms with Gasteiger partial charge in [-0.3, -0.25) is 0 Å². The van der Waals surface area contributed by atoms with Crippen LogP contribution < -0.4 is 10.5 Å². The molecule has 2 nitrogen and oxygen atoms in total. The lowest BCUT2D eigenvalue weighted by atomic mass is 10.2. The molecular weight excluding hydrogens is 222 g/mol. The van der Waals surface area contributed by atoms with Crippen LogP contribution in [0.2, 0.25) is 5.02 Å². The molecule has 16 heavy (non-hydrogen) atoms. The maximum atomic E-state index is 5.80. The molecule has 3 heteroatoms. The van der Waals surface area contributed by atoms with Crippen LogP contribution in [0.3, 0.4) is 0 Å². The highest BCUT2D eigenvalue weighted by Gasteiger charge is 2.00. The molecule has 0 radical (unpaired) electrons. The first-order valence-corrected chi connectivity index (χ1v) is 6.29. The maximum absolute atomic E-state index is 5.80. The van der Waals surface area contributed by atoms with Crippen LogP contribution in [0.1, 0.15) is 39.0 Å². The molecule has 0 aromatic heterocycles. The molecule has 0 aliphatic carbocycles. The lowest BCUT2D eigenvalue weighted by Crippen LogP contribution is -2.00. The predicted octanol–water partition coefficient (Wildman–Crippen LogP) is 4.27. The van der Waals surface area contributed by atoms with Crippen LogP contribution in [0.15, 0.2) is 18.2 Å². The number of nitrogens with two attached hydrogens (primary N) is 1. The Hall–Kier alpha value is -0.890. The van der Waals surface area contributed by atoms with Gasteiger partial charge in [0.25, 0.3) is 0 Å². The van der Waals surface area contributed by atoms with Crippen molar-refractivity contribution in [2.45, 2.75) is 39.0 Å². The highest BCUT2D eigenvalue weighted by atomic mass is 35.5. The number of halogens is 1. The van der Waals surface area contributed by atoms with Crippen molar-refractivity contribution in [2.24, 2.45) is 0 Å². The highest BCUT2D eigenvalue weighted by molar-refractivity contribution is 6.30. The summed E-state index contributed by atoms with van der Waals surface area (Å²) in [6, 6.07) is 5.34. The monoisotopic (exact) mass is 241 g/mol. The lowest BCUT2D eigenvalue weighted by molar-refractivity contribution is 0.306. The molecule has 0 amide bonds. The van der Waals surface area contributed by atoms with E-state index in [0.717, 1.165) is 18.8 Å². The predicted molar refractivity (Wildman–Crippen MR) is 70.1 cm³/mol. The first-order chi connectivity index (χ1) is 7.74. The van der Waals surface area contributed by atoms with Crippen LogP contribution in [0, 0.1) is 0 Å². The zero-order chi connectivity index (χ0) is 11.8. The molecule has 0 saturated heterocycles. The normalized spacial score (nSPS) is 10.4. The molecule has 0 aliphatic heterocycles. The first-order valence-electron chi connectivity index (χ1n) is 5.92. The van der Waals surface area contributed by atoms with Crippen LogP contribution in [-0.4, -0.2) is 6.61 Å². The molecule has 1 rings (SSSR count). The van der Waals surface area contributed by atoms with Gasteiger partial charge in [0.05, 0.1) is 12.3 Å². The molecule has 0 spiro atoms. The zero-order valence-electron chi connectivity index (χ0n) is 9.84. The largest absolute Gasteiger partial charge is 0.491 e. The van der Waals surface area contributed by atoms with E-state index in [9.17, 15) is 0 Å². The molecule has 1 aromatic carbocycles. The lowest BCUT2D eigenvalue weighted by Gasteiger charge is -2.08. The summed E-state index contributed by atoms with van der Waals surface area (Å²) in [7, 11) is 0. The van der Waals surface area contributed by atoms with E-state index in [1.807, 2.05) is 6.07 Å². The third-order valence-electron chi connectivity index (χ3n) is 2.48. The van der Waals surface area contributed by atoms with Gasteiger partial charge in [0.15, 0.2) is 0 Å². The van der Waals surface area contributed by atoms with Crippen LogP contribution >= 0.6 is 11.6 Å². The number of anilines is 1. The van der Waals surface area contributed by atoms with Crippen LogP contribution in [0.5, 0.6) is 5.75 Å². The van der Waals surface area contributed by atoms with Crippen LogP contribution in [-0.2, 0) is 0 Å². The first kappa shape index (κ1) is 13.2. The Labute approximate surface area is 103 Å². The van der Waals surface area contributed by atoms with E-state index < -0.39 is 0 Å². The Morgan fingerprint density at radius 2 is 1.94 bits per heavy atom. The van der Waals surface area contributed by atoms with Gasteiger partial charge in [-0.2, -0.15) is 0 Å². The number of hydrogen-bond acceptors (Lipinski definition) is 2. The Balaban J connectivity index is 2.21. The summed E-state index contributed by atoms with van der Waals surface area (Å²) < 4.78 is 5.59. The summed E-state index contributed by atoms with van der Waals surface area (Å²) in [4.78, 5) is 0. The van der Waals surface area contributed by atoms with Crippen molar-refractivity contribution in [3.05, 3.63) is 23.2 Å². The van der Waals surface area contributed by atoms with Crippen molar-refractivity contribution in [1.29, 1.82) is 0 Å². The van der Waals surface area contributed by atoms with Crippen molar-refractivity contribution in [3.63, 3.8) is 0 Å². The van der Waals surface area contributed by atoms with E-state index in [4.69, 9.17) is 22.1 Å². The molecule has 0 fully saturated rings. The second-order valence-electron chi connectivity index (χ2n) is 3.94. The average molecular weight is 242 g/mol. The van der Waals surface area contributed by atoms with Gasteiger partial charge in [0.1, 0.15) is 5.75 Å². The summed E-state index contributed by atoms with van der Waals surface area (Å²) >= 11 is 5.80. The molecule has 0 heterocycles. The molecule has 90 valence electrons. The smallest absolute Gasteiger partial charge is 0.142 e. The van der Waals surface area contributed by atoms with Crippen LogP contribution in [0.25, 0.3) is 0 Å². The van der Waals surface area contributed by atoms with Gasteiger partial charge in [0.2, 0.25) is 0 Å². The Morgan fingerprint density at radius 3 is 2.62 bits per heavy atom. The molecule has 0 bridgehead atoms. The molecule has 0 saturated carbocycles. The molecular formula is C13H20ClNO. The highest BCUT2D eigenvalue weighted by Crippen LogP contribution is 2.25. The third kappa shape index (κ3) is 4.75. The van der Waals surface area contributed by atoms with Gasteiger partial charge in [-0.1, -0.05) is 44.2 Å². The molecule has 0 unspecified atom stereocenters. The fourth-order valence-electron chi connectivity index (χ4n) is 1.54. The minimum atomic E-state index is 0.612. The zero-order valence-corrected chi connectivity index (χ0v) is 10.6. The van der Waals surface area contributed by atoms with Crippen molar-refractivity contribution >= 4 is 17.3 Å². The topological polar surface area (TPSA) is 35.2 Å². The van der Waals surface area contributed by atoms with E-state index in [2.05, 4.69) is 6.92 Å². The Bertz CT molecular complexity index is 315. The van der Waals surface area contributed by atoms with E-state index in [-0.39, 0.29) is 0 Å². The maximum Gasteiger partial charge on any atom is 0.142 e. The summed E-state index contributed by atoms with van der Waals surface area (Å²) in [6.07, 6.45) is 6.17. The van der Waals surface area contributed by atoms with Gasteiger partial charge in [-0.15, -0.1) is 0 Å². The molecule has 2 N–H and O–H groups in total.